The number of benzene rings is 1. The Bertz CT molecular complexity index is 316. The van der Waals surface area contributed by atoms with Gasteiger partial charge in [0.1, 0.15) is 0 Å². The summed E-state index contributed by atoms with van der Waals surface area (Å²) in [6.45, 7) is 8.93. The molecule has 2 heteroatoms. The van der Waals surface area contributed by atoms with E-state index in [-0.39, 0.29) is 0 Å². The van der Waals surface area contributed by atoms with Crippen molar-refractivity contribution in [2.45, 2.75) is 26.3 Å². The predicted molar refractivity (Wildman–Crippen MR) is 70.4 cm³/mol. The predicted octanol–water partition coefficient (Wildman–Crippen LogP) is 3.42. The highest BCUT2D eigenvalue weighted by Gasteiger charge is 2.02. The molecule has 0 radical (unpaired) electrons. The summed E-state index contributed by atoms with van der Waals surface area (Å²) in [5, 5.41) is 3.40. The molecule has 0 heterocycles. The zero-order chi connectivity index (χ0) is 11.3. The quantitative estimate of drug-likeness (QED) is 0.862. The van der Waals surface area contributed by atoms with Crippen LogP contribution in [-0.2, 0) is 6.42 Å². The zero-order valence-electron chi connectivity index (χ0n) is 9.39. The lowest BCUT2D eigenvalue weighted by atomic mass is 10.1. The third-order valence-corrected chi connectivity index (χ3v) is 2.59. The van der Waals surface area contributed by atoms with Crippen LogP contribution in [0.4, 0.5) is 0 Å². The van der Waals surface area contributed by atoms with E-state index in [9.17, 15) is 0 Å². The minimum Gasteiger partial charge on any atom is -0.309 e. The largest absolute Gasteiger partial charge is 0.309 e. The molecule has 0 spiro atoms. The second-order valence-corrected chi connectivity index (χ2v) is 5.11. The highest BCUT2D eigenvalue weighted by molar-refractivity contribution is 9.11. The number of nitrogens with one attached hydrogen (secondary N) is 1. The summed E-state index contributed by atoms with van der Waals surface area (Å²) >= 11 is 3.34. The van der Waals surface area contributed by atoms with Crippen LogP contribution in [0.15, 0.2) is 35.3 Å². The summed E-state index contributed by atoms with van der Waals surface area (Å²) in [7, 11) is 0. The Morgan fingerprint density at radius 2 is 2.00 bits per heavy atom. The van der Waals surface area contributed by atoms with Gasteiger partial charge in [-0.25, -0.2) is 0 Å². The van der Waals surface area contributed by atoms with Crippen LogP contribution in [0.3, 0.4) is 0 Å². The van der Waals surface area contributed by atoms with Gasteiger partial charge in [-0.1, -0.05) is 52.3 Å². The van der Waals surface area contributed by atoms with Crippen LogP contribution in [0, 0.1) is 6.92 Å². The van der Waals surface area contributed by atoms with E-state index in [0.29, 0.717) is 6.04 Å². The average Bonchev–Trinajstić information content (AvgIpc) is 2.19. The molecule has 0 aliphatic heterocycles. The molecular formula is C13H18BrN. The molecule has 0 bridgehead atoms. The van der Waals surface area contributed by atoms with Crippen LogP contribution in [-0.4, -0.2) is 12.6 Å². The first kappa shape index (κ1) is 12.5. The molecule has 0 fully saturated rings. The lowest BCUT2D eigenvalue weighted by Gasteiger charge is -2.13. The molecule has 82 valence electrons. The fourth-order valence-corrected chi connectivity index (χ4v) is 1.60. The molecule has 1 aromatic rings. The molecule has 0 saturated heterocycles. The van der Waals surface area contributed by atoms with Gasteiger partial charge < -0.3 is 5.32 Å². The second kappa shape index (κ2) is 6.09. The van der Waals surface area contributed by atoms with Crippen molar-refractivity contribution in [3.8, 4) is 0 Å². The van der Waals surface area contributed by atoms with Crippen molar-refractivity contribution < 1.29 is 0 Å². The van der Waals surface area contributed by atoms with Gasteiger partial charge in [-0.3, -0.25) is 0 Å². The number of aryl methyl sites for hydroxylation is 1. The Morgan fingerprint density at radius 1 is 1.40 bits per heavy atom. The van der Waals surface area contributed by atoms with Crippen molar-refractivity contribution >= 4 is 15.9 Å². The molecule has 1 nitrogen and oxygen atoms in total. The summed E-state index contributed by atoms with van der Waals surface area (Å²) in [5.41, 5.74) is 2.69. The van der Waals surface area contributed by atoms with Gasteiger partial charge >= 0.3 is 0 Å². The smallest absolute Gasteiger partial charge is 0.0268 e. The van der Waals surface area contributed by atoms with Gasteiger partial charge in [0.15, 0.2) is 0 Å². The number of hydrogen-bond acceptors (Lipinski definition) is 1. The summed E-state index contributed by atoms with van der Waals surface area (Å²) in [4.78, 5) is 0. The van der Waals surface area contributed by atoms with Crippen molar-refractivity contribution in [1.29, 1.82) is 0 Å². The first-order chi connectivity index (χ1) is 7.08. The van der Waals surface area contributed by atoms with Crippen LogP contribution >= 0.6 is 15.9 Å². The third-order valence-electron chi connectivity index (χ3n) is 2.30. The first-order valence-electron chi connectivity index (χ1n) is 5.20. The van der Waals surface area contributed by atoms with Crippen LogP contribution in [0.2, 0.25) is 0 Å². The van der Waals surface area contributed by atoms with E-state index in [1.54, 1.807) is 0 Å². The van der Waals surface area contributed by atoms with Crippen LogP contribution in [0.5, 0.6) is 0 Å². The SMILES string of the molecule is C=C(Br)CNC(C)Cc1ccc(C)cc1. The average molecular weight is 268 g/mol. The van der Waals surface area contributed by atoms with E-state index in [4.69, 9.17) is 0 Å². The lowest BCUT2D eigenvalue weighted by molar-refractivity contribution is 0.579. The van der Waals surface area contributed by atoms with Crippen LogP contribution in [0.1, 0.15) is 18.1 Å². The molecule has 0 aliphatic rings. The van der Waals surface area contributed by atoms with E-state index in [0.717, 1.165) is 17.4 Å². The maximum Gasteiger partial charge on any atom is 0.0268 e. The molecule has 1 N–H and O–H groups in total. The van der Waals surface area contributed by atoms with Crippen molar-refractivity contribution in [3.63, 3.8) is 0 Å². The van der Waals surface area contributed by atoms with E-state index < -0.39 is 0 Å². The normalized spacial score (nSPS) is 12.5. The molecule has 1 aromatic carbocycles. The van der Waals surface area contributed by atoms with Gasteiger partial charge in [0.2, 0.25) is 0 Å². The molecule has 1 rings (SSSR count). The fraction of sp³-hybridized carbons (Fsp3) is 0.385. The molecule has 1 atom stereocenters. The number of hydrogen-bond donors (Lipinski definition) is 1. The zero-order valence-corrected chi connectivity index (χ0v) is 11.0. The Kier molecular flexibility index (Phi) is 5.06. The van der Waals surface area contributed by atoms with Crippen molar-refractivity contribution in [3.05, 3.63) is 46.5 Å². The summed E-state index contributed by atoms with van der Waals surface area (Å²) in [5.74, 6) is 0. The molecule has 0 saturated carbocycles. The van der Waals surface area contributed by atoms with E-state index in [1.165, 1.54) is 11.1 Å². The minimum atomic E-state index is 0.474. The third kappa shape index (κ3) is 5.14. The van der Waals surface area contributed by atoms with Gasteiger partial charge in [0, 0.05) is 17.1 Å². The number of halogens is 1. The van der Waals surface area contributed by atoms with E-state index in [2.05, 4.69) is 65.9 Å². The lowest BCUT2D eigenvalue weighted by Crippen LogP contribution is -2.28. The number of rotatable bonds is 5. The minimum absolute atomic E-state index is 0.474. The van der Waals surface area contributed by atoms with Gasteiger partial charge in [0.05, 0.1) is 0 Å². The highest BCUT2D eigenvalue weighted by atomic mass is 79.9. The second-order valence-electron chi connectivity index (χ2n) is 3.99. The van der Waals surface area contributed by atoms with Crippen LogP contribution < -0.4 is 5.32 Å². The summed E-state index contributed by atoms with van der Waals surface area (Å²) < 4.78 is 0.998. The van der Waals surface area contributed by atoms with Crippen LogP contribution in [0.25, 0.3) is 0 Å². The van der Waals surface area contributed by atoms with Crippen molar-refractivity contribution in [2.75, 3.05) is 6.54 Å². The maximum absolute atomic E-state index is 3.80. The molecule has 1 unspecified atom stereocenters. The molecular weight excluding hydrogens is 250 g/mol. The van der Waals surface area contributed by atoms with Gasteiger partial charge in [-0.05, 0) is 25.8 Å². The molecule has 0 aliphatic carbocycles. The van der Waals surface area contributed by atoms with E-state index >= 15 is 0 Å². The molecule has 15 heavy (non-hydrogen) atoms. The standard InChI is InChI=1S/C13H18BrN/c1-10-4-6-13(7-5-10)8-12(3)15-9-11(2)14/h4-7,12,15H,2,8-9H2,1,3H3. The first-order valence-corrected chi connectivity index (χ1v) is 5.99. The summed E-state index contributed by atoms with van der Waals surface area (Å²) in [6.07, 6.45) is 1.06. The molecule has 0 amide bonds. The summed E-state index contributed by atoms with van der Waals surface area (Å²) in [6, 6.07) is 9.17. The van der Waals surface area contributed by atoms with Crippen molar-refractivity contribution in [2.24, 2.45) is 0 Å². The van der Waals surface area contributed by atoms with Gasteiger partial charge in [-0.15, -0.1) is 0 Å². The van der Waals surface area contributed by atoms with Gasteiger partial charge in [-0.2, -0.15) is 0 Å². The Labute approximate surface area is 101 Å². The van der Waals surface area contributed by atoms with Crippen molar-refractivity contribution in [1.82, 2.24) is 5.32 Å². The maximum atomic E-state index is 3.80. The fourth-order valence-electron chi connectivity index (χ4n) is 1.43. The Morgan fingerprint density at radius 3 is 2.53 bits per heavy atom. The molecule has 0 aromatic heterocycles. The Hall–Kier alpha value is -0.600. The monoisotopic (exact) mass is 267 g/mol. The van der Waals surface area contributed by atoms with Gasteiger partial charge in [0.25, 0.3) is 0 Å². The van der Waals surface area contributed by atoms with E-state index in [1.807, 2.05) is 0 Å². The highest BCUT2D eigenvalue weighted by Crippen LogP contribution is 2.06. The topological polar surface area (TPSA) is 12.0 Å². The Balaban J connectivity index is 2.40.